The van der Waals surface area contributed by atoms with Crippen LogP contribution in [0, 0.1) is 0 Å². The molecule has 1 aliphatic heterocycles. The van der Waals surface area contributed by atoms with Crippen LogP contribution >= 0.6 is 15.9 Å². The van der Waals surface area contributed by atoms with E-state index >= 15 is 0 Å². The fraction of sp³-hybridized carbons (Fsp3) is 0.444. The average Bonchev–Trinajstić information content (AvgIpc) is 3.08. The molecule has 0 N–H and O–H groups in total. The summed E-state index contributed by atoms with van der Waals surface area (Å²) in [6.07, 6.45) is -2.89. The topological polar surface area (TPSA) is 41.5 Å². The van der Waals surface area contributed by atoms with Gasteiger partial charge in [-0.05, 0) is 37.1 Å². The fourth-order valence-electron chi connectivity index (χ4n) is 2.96. The zero-order valence-corrected chi connectivity index (χ0v) is 16.6. The van der Waals surface area contributed by atoms with Crippen LogP contribution in [0.15, 0.2) is 34.8 Å². The SMILES string of the molecule is CN(C)c1cc(N2CCC[C@H]2COc2ccc(Br)cc2)nc(C(F)(F)F)n1. The van der Waals surface area contributed by atoms with Crippen molar-refractivity contribution in [3.8, 4) is 5.75 Å². The lowest BCUT2D eigenvalue weighted by Gasteiger charge is -2.27. The first-order valence-corrected chi connectivity index (χ1v) is 9.32. The molecule has 0 amide bonds. The number of alkyl halides is 3. The van der Waals surface area contributed by atoms with E-state index in [9.17, 15) is 13.2 Å². The molecule has 1 atom stereocenters. The first kappa shape index (κ1) is 19.7. The zero-order chi connectivity index (χ0) is 19.6. The molecule has 1 saturated heterocycles. The molecule has 0 saturated carbocycles. The molecule has 1 aliphatic rings. The van der Waals surface area contributed by atoms with Crippen molar-refractivity contribution in [3.63, 3.8) is 0 Å². The van der Waals surface area contributed by atoms with E-state index in [1.165, 1.54) is 0 Å². The number of aromatic nitrogens is 2. The maximum absolute atomic E-state index is 13.2. The highest BCUT2D eigenvalue weighted by atomic mass is 79.9. The van der Waals surface area contributed by atoms with Crippen molar-refractivity contribution in [1.82, 2.24) is 9.97 Å². The second kappa shape index (κ2) is 7.92. The van der Waals surface area contributed by atoms with Gasteiger partial charge in [0.25, 0.3) is 0 Å². The molecule has 5 nitrogen and oxygen atoms in total. The summed E-state index contributed by atoms with van der Waals surface area (Å²) in [7, 11) is 3.31. The van der Waals surface area contributed by atoms with Gasteiger partial charge in [-0.1, -0.05) is 15.9 Å². The predicted octanol–water partition coefficient (Wildman–Crippen LogP) is 4.37. The minimum absolute atomic E-state index is 0.0420. The smallest absolute Gasteiger partial charge is 0.451 e. The van der Waals surface area contributed by atoms with Gasteiger partial charge in [0.2, 0.25) is 5.82 Å². The highest BCUT2D eigenvalue weighted by Crippen LogP contribution is 2.32. The Morgan fingerprint density at radius 1 is 1.22 bits per heavy atom. The van der Waals surface area contributed by atoms with E-state index in [4.69, 9.17) is 4.74 Å². The van der Waals surface area contributed by atoms with E-state index in [0.717, 1.165) is 23.1 Å². The Morgan fingerprint density at radius 3 is 2.56 bits per heavy atom. The van der Waals surface area contributed by atoms with Crippen LogP contribution in [0.3, 0.4) is 0 Å². The summed E-state index contributed by atoms with van der Waals surface area (Å²) in [6, 6.07) is 9.00. The van der Waals surface area contributed by atoms with Crippen LogP contribution in [-0.2, 0) is 6.18 Å². The molecule has 1 fully saturated rings. The molecular weight excluding hydrogens is 425 g/mol. The van der Waals surface area contributed by atoms with Crippen LogP contribution in [-0.4, -0.2) is 43.3 Å². The molecule has 1 aromatic carbocycles. The summed E-state index contributed by atoms with van der Waals surface area (Å²) in [4.78, 5) is 10.8. The Balaban J connectivity index is 1.81. The van der Waals surface area contributed by atoms with Crippen molar-refractivity contribution >= 4 is 27.6 Å². The van der Waals surface area contributed by atoms with E-state index in [1.54, 1.807) is 25.1 Å². The summed E-state index contributed by atoms with van der Waals surface area (Å²) in [5, 5.41) is 0. The highest BCUT2D eigenvalue weighted by molar-refractivity contribution is 9.10. The molecule has 9 heteroatoms. The van der Waals surface area contributed by atoms with Gasteiger partial charge in [-0.2, -0.15) is 13.2 Å². The lowest BCUT2D eigenvalue weighted by molar-refractivity contribution is -0.144. The molecule has 146 valence electrons. The Hall–Kier alpha value is -2.03. The minimum atomic E-state index is -4.59. The molecule has 0 spiro atoms. The lowest BCUT2D eigenvalue weighted by Crippen LogP contribution is -2.35. The predicted molar refractivity (Wildman–Crippen MR) is 101 cm³/mol. The van der Waals surface area contributed by atoms with E-state index in [1.807, 2.05) is 29.2 Å². The van der Waals surface area contributed by atoms with Crippen LogP contribution in [0.2, 0.25) is 0 Å². The molecule has 1 aromatic heterocycles. The van der Waals surface area contributed by atoms with Gasteiger partial charge in [0, 0.05) is 31.2 Å². The number of nitrogens with zero attached hydrogens (tertiary/aromatic N) is 4. The maximum Gasteiger partial charge on any atom is 0.451 e. The van der Waals surface area contributed by atoms with Crippen molar-refractivity contribution in [1.29, 1.82) is 0 Å². The average molecular weight is 445 g/mol. The van der Waals surface area contributed by atoms with Gasteiger partial charge in [-0.3, -0.25) is 0 Å². The molecule has 0 aliphatic carbocycles. The van der Waals surface area contributed by atoms with E-state index < -0.39 is 12.0 Å². The van der Waals surface area contributed by atoms with Crippen molar-refractivity contribution in [2.45, 2.75) is 25.1 Å². The van der Waals surface area contributed by atoms with Crippen molar-refractivity contribution < 1.29 is 17.9 Å². The van der Waals surface area contributed by atoms with E-state index in [0.29, 0.717) is 13.2 Å². The molecule has 2 heterocycles. The van der Waals surface area contributed by atoms with Gasteiger partial charge < -0.3 is 14.5 Å². The molecule has 27 heavy (non-hydrogen) atoms. The lowest BCUT2D eigenvalue weighted by atomic mass is 10.2. The number of hydrogen-bond donors (Lipinski definition) is 0. The van der Waals surface area contributed by atoms with Crippen LogP contribution in [0.4, 0.5) is 24.8 Å². The van der Waals surface area contributed by atoms with Gasteiger partial charge >= 0.3 is 6.18 Å². The molecular formula is C18H20BrF3N4O. The Kier molecular flexibility index (Phi) is 5.78. The third-order valence-electron chi connectivity index (χ3n) is 4.34. The van der Waals surface area contributed by atoms with Crippen LogP contribution < -0.4 is 14.5 Å². The standard InChI is InChI=1S/C18H20BrF3N4O/c1-25(2)15-10-16(24-17(23-15)18(20,21)22)26-9-3-4-13(26)11-27-14-7-5-12(19)6-8-14/h5-8,10,13H,3-4,9,11H2,1-2H3/t13-/m0/s1. The van der Waals surface area contributed by atoms with Gasteiger partial charge in [0.15, 0.2) is 0 Å². The monoisotopic (exact) mass is 444 g/mol. The van der Waals surface area contributed by atoms with Gasteiger partial charge in [-0.25, -0.2) is 9.97 Å². The third-order valence-corrected chi connectivity index (χ3v) is 4.87. The minimum Gasteiger partial charge on any atom is -0.491 e. The first-order valence-electron chi connectivity index (χ1n) is 8.52. The quantitative estimate of drug-likeness (QED) is 0.684. The van der Waals surface area contributed by atoms with Gasteiger partial charge in [0.05, 0.1) is 6.04 Å². The number of anilines is 2. The van der Waals surface area contributed by atoms with E-state index in [2.05, 4.69) is 25.9 Å². The normalized spacial score (nSPS) is 17.3. The summed E-state index contributed by atoms with van der Waals surface area (Å²) in [5.74, 6) is 0.107. The number of rotatable bonds is 5. The Bertz CT molecular complexity index is 783. The number of halogens is 4. The van der Waals surface area contributed by atoms with Crippen molar-refractivity contribution in [3.05, 3.63) is 40.6 Å². The molecule has 0 unspecified atom stereocenters. The summed E-state index contributed by atoms with van der Waals surface area (Å²) in [5.41, 5.74) is 0. The largest absolute Gasteiger partial charge is 0.491 e. The van der Waals surface area contributed by atoms with Crippen LogP contribution in [0.25, 0.3) is 0 Å². The molecule has 2 aromatic rings. The molecule has 0 radical (unpaired) electrons. The number of benzene rings is 1. The second-order valence-corrected chi connectivity index (χ2v) is 7.47. The van der Waals surface area contributed by atoms with Crippen LogP contribution in [0.1, 0.15) is 18.7 Å². The first-order chi connectivity index (χ1) is 12.7. The van der Waals surface area contributed by atoms with Crippen molar-refractivity contribution in [2.75, 3.05) is 37.0 Å². The number of hydrogen-bond acceptors (Lipinski definition) is 5. The highest BCUT2D eigenvalue weighted by Gasteiger charge is 2.37. The maximum atomic E-state index is 13.2. The van der Waals surface area contributed by atoms with Crippen LogP contribution in [0.5, 0.6) is 5.75 Å². The zero-order valence-electron chi connectivity index (χ0n) is 15.0. The summed E-state index contributed by atoms with van der Waals surface area (Å²) in [6.45, 7) is 1.01. The Labute approximate surface area is 164 Å². The Morgan fingerprint density at radius 2 is 1.93 bits per heavy atom. The van der Waals surface area contributed by atoms with Gasteiger partial charge in [0.1, 0.15) is 24.0 Å². The van der Waals surface area contributed by atoms with Gasteiger partial charge in [-0.15, -0.1) is 0 Å². The second-order valence-electron chi connectivity index (χ2n) is 6.55. The molecule has 3 rings (SSSR count). The number of ether oxygens (including phenoxy) is 1. The van der Waals surface area contributed by atoms with Crippen molar-refractivity contribution in [2.24, 2.45) is 0 Å². The summed E-state index contributed by atoms with van der Waals surface area (Å²) >= 11 is 3.37. The third kappa shape index (κ3) is 4.82. The molecule has 0 bridgehead atoms. The fourth-order valence-corrected chi connectivity index (χ4v) is 3.22. The summed E-state index contributed by atoms with van der Waals surface area (Å²) < 4.78 is 46.4. The van der Waals surface area contributed by atoms with E-state index in [-0.39, 0.29) is 17.7 Å².